The first kappa shape index (κ1) is 28.4. The molecule has 6 heteroatoms. The molecule has 1 heterocycles. The van der Waals surface area contributed by atoms with Gasteiger partial charge in [-0.25, -0.2) is 12.7 Å². The molecule has 2 bridgehead atoms. The van der Waals surface area contributed by atoms with E-state index in [0.29, 0.717) is 5.92 Å². The zero-order chi connectivity index (χ0) is 29.3. The summed E-state index contributed by atoms with van der Waals surface area (Å²) < 4.78 is 29.2. The van der Waals surface area contributed by atoms with E-state index in [0.717, 1.165) is 24.8 Å². The van der Waals surface area contributed by atoms with Crippen molar-refractivity contribution in [2.45, 2.75) is 76.9 Å². The topological polar surface area (TPSA) is 54.5 Å². The molecule has 3 aromatic rings. The van der Waals surface area contributed by atoms with Gasteiger partial charge in [-0.15, -0.1) is 0 Å². The Morgan fingerprint density at radius 2 is 1.41 bits per heavy atom. The van der Waals surface area contributed by atoms with Gasteiger partial charge in [-0.05, 0) is 46.7 Å². The molecule has 4 atom stereocenters. The molecule has 1 spiro atoms. The Labute approximate surface area is 247 Å². The van der Waals surface area contributed by atoms with Gasteiger partial charge in [-0.3, -0.25) is 4.79 Å². The van der Waals surface area contributed by atoms with Gasteiger partial charge in [0.25, 0.3) is 0 Å². The van der Waals surface area contributed by atoms with E-state index >= 15 is 0 Å². The van der Waals surface area contributed by atoms with Gasteiger partial charge in [-0.2, -0.15) is 0 Å². The molecule has 1 saturated heterocycles. The monoisotopic (exact) mass is 585 g/mol. The van der Waals surface area contributed by atoms with Crippen LogP contribution in [-0.4, -0.2) is 38.5 Å². The van der Waals surface area contributed by atoms with Crippen LogP contribution in [0.15, 0.2) is 91.0 Å². The predicted octanol–water partition coefficient (Wildman–Crippen LogP) is 6.13. The summed E-state index contributed by atoms with van der Waals surface area (Å²) in [5.74, 6) is 0.353. The Morgan fingerprint density at radius 1 is 0.902 bits per heavy atom. The second kappa shape index (κ2) is 9.67. The highest BCUT2D eigenvalue weighted by Gasteiger charge is 2.72. The first-order valence-corrected chi connectivity index (χ1v) is 18.8. The lowest BCUT2D eigenvalue weighted by molar-refractivity contribution is -0.129. The van der Waals surface area contributed by atoms with Gasteiger partial charge in [0.2, 0.25) is 15.9 Å². The maximum Gasteiger partial charge on any atom is 0.238 e. The van der Waals surface area contributed by atoms with Crippen LogP contribution in [-0.2, 0) is 14.8 Å². The Hall–Kier alpha value is -2.70. The lowest BCUT2D eigenvalue weighted by Gasteiger charge is -2.50. The molecule has 3 aliphatic rings. The van der Waals surface area contributed by atoms with Gasteiger partial charge in [0.05, 0.1) is 11.8 Å². The van der Waals surface area contributed by atoms with Crippen molar-refractivity contribution in [1.29, 1.82) is 0 Å². The summed E-state index contributed by atoms with van der Waals surface area (Å²) in [6.45, 7) is 11.4. The molecule has 2 aliphatic carbocycles. The van der Waals surface area contributed by atoms with Crippen LogP contribution >= 0.6 is 0 Å². The van der Waals surface area contributed by atoms with Crippen molar-refractivity contribution >= 4 is 34.4 Å². The smallest absolute Gasteiger partial charge is 0.238 e. The average molecular weight is 586 g/mol. The van der Waals surface area contributed by atoms with Gasteiger partial charge < -0.3 is 0 Å². The number of carbonyl (C=O) groups is 1. The first-order chi connectivity index (χ1) is 19.4. The van der Waals surface area contributed by atoms with Crippen LogP contribution in [0.1, 0.15) is 71.4 Å². The van der Waals surface area contributed by atoms with E-state index in [2.05, 4.69) is 95.3 Å². The van der Waals surface area contributed by atoms with Crippen LogP contribution in [0.5, 0.6) is 0 Å². The molecule has 0 aromatic heterocycles. The predicted molar refractivity (Wildman–Crippen MR) is 169 cm³/mol. The molecule has 216 valence electrons. The van der Waals surface area contributed by atoms with Gasteiger partial charge in [0, 0.05) is 11.8 Å². The second-order valence-corrected chi connectivity index (χ2v) is 21.1. The lowest BCUT2D eigenvalue weighted by atomic mass is 9.69. The number of hydrogen-bond donors (Lipinski definition) is 0. The summed E-state index contributed by atoms with van der Waals surface area (Å²) in [6, 6.07) is 31.6. The third-order valence-corrected chi connectivity index (χ3v) is 19.8. The number of sulfonamides is 1. The fourth-order valence-electron chi connectivity index (χ4n) is 9.45. The van der Waals surface area contributed by atoms with E-state index < -0.39 is 18.1 Å². The van der Waals surface area contributed by atoms with E-state index in [9.17, 15) is 13.2 Å². The number of rotatable bonds is 6. The van der Waals surface area contributed by atoms with Crippen molar-refractivity contribution in [2.24, 2.45) is 16.7 Å². The van der Waals surface area contributed by atoms with Crippen molar-refractivity contribution in [3.05, 3.63) is 96.6 Å². The SMILES string of the molecule is CC1(C)[C@@H]2CC[C@]13CS(=O)(=O)N(C(=O)C[C@H](c1ccccc1)[Si](c1ccccc1)(c1ccccc1)C(C)(C)C)[C@@H]3C2. The zero-order valence-corrected chi connectivity index (χ0v) is 26.8. The highest BCUT2D eigenvalue weighted by molar-refractivity contribution is 7.90. The van der Waals surface area contributed by atoms with Gasteiger partial charge in [-0.1, -0.05) is 136 Å². The summed E-state index contributed by atoms with van der Waals surface area (Å²) in [5, 5.41) is 2.35. The molecule has 4 nitrogen and oxygen atoms in total. The number of benzene rings is 3. The van der Waals surface area contributed by atoms with Crippen molar-refractivity contribution < 1.29 is 13.2 Å². The average Bonchev–Trinajstić information content (AvgIpc) is 3.42. The van der Waals surface area contributed by atoms with Crippen LogP contribution in [0.25, 0.3) is 0 Å². The van der Waals surface area contributed by atoms with E-state index in [1.165, 1.54) is 14.7 Å². The summed E-state index contributed by atoms with van der Waals surface area (Å²) >= 11 is 0. The van der Waals surface area contributed by atoms with Crippen molar-refractivity contribution in [3.8, 4) is 0 Å². The van der Waals surface area contributed by atoms with E-state index in [1.807, 2.05) is 30.3 Å². The third kappa shape index (κ3) is 4.04. The fraction of sp³-hybridized carbons (Fsp3) is 0.457. The number of amides is 1. The molecular weight excluding hydrogens is 543 g/mol. The Bertz CT molecular complexity index is 1490. The van der Waals surface area contributed by atoms with Crippen molar-refractivity contribution in [2.75, 3.05) is 5.75 Å². The molecule has 41 heavy (non-hydrogen) atoms. The molecule has 1 aliphatic heterocycles. The van der Waals surface area contributed by atoms with Crippen molar-refractivity contribution in [3.63, 3.8) is 0 Å². The molecule has 0 radical (unpaired) electrons. The van der Waals surface area contributed by atoms with Crippen LogP contribution < -0.4 is 10.4 Å². The van der Waals surface area contributed by atoms with Crippen LogP contribution in [0.4, 0.5) is 0 Å². The fourth-order valence-corrected chi connectivity index (χ4v) is 18.5. The molecule has 6 rings (SSSR count). The highest BCUT2D eigenvalue weighted by atomic mass is 32.2. The standard InChI is InChI=1S/C35H43NO3SSi/c1-33(2,3)41(28-17-11-7-12-18-28,29-19-13-8-14-20-29)30(26-15-9-6-10-16-26)24-32(37)36-31-23-27-21-22-35(31,34(27,4)5)25-40(36,38)39/h6-20,27,30-31H,21-25H2,1-5H3/t27-,30-,31-,35-/m1/s1. The van der Waals surface area contributed by atoms with Gasteiger partial charge >= 0.3 is 0 Å². The van der Waals surface area contributed by atoms with Crippen LogP contribution in [0.3, 0.4) is 0 Å². The van der Waals surface area contributed by atoms with Crippen molar-refractivity contribution in [1.82, 2.24) is 4.31 Å². The molecule has 0 unspecified atom stereocenters. The molecule has 0 N–H and O–H groups in total. The van der Waals surface area contributed by atoms with Crippen LogP contribution in [0.2, 0.25) is 5.04 Å². The maximum atomic E-state index is 14.7. The molecule has 2 saturated carbocycles. The quantitative estimate of drug-likeness (QED) is 0.327. The number of fused-ring (bicyclic) bond motifs is 1. The van der Waals surface area contributed by atoms with Gasteiger partial charge in [0.15, 0.2) is 0 Å². The Kier molecular flexibility index (Phi) is 6.70. The molecular formula is C35H43NO3SSi. The third-order valence-electron chi connectivity index (χ3n) is 11.4. The van der Waals surface area contributed by atoms with E-state index in [4.69, 9.17) is 0 Å². The number of carbonyl (C=O) groups excluding carboxylic acids is 1. The summed E-state index contributed by atoms with van der Waals surface area (Å²) in [5.41, 5.74) is 0.552. The minimum atomic E-state index is -3.70. The normalized spacial score (nSPS) is 27.0. The zero-order valence-electron chi connectivity index (χ0n) is 25.0. The minimum absolute atomic E-state index is 0.0728. The number of nitrogens with zero attached hydrogens (tertiary/aromatic N) is 1. The molecule has 1 amide bonds. The lowest BCUT2D eigenvalue weighted by Crippen LogP contribution is -2.68. The highest BCUT2D eigenvalue weighted by Crippen LogP contribution is 2.70. The van der Waals surface area contributed by atoms with Crippen LogP contribution in [0, 0.1) is 16.7 Å². The van der Waals surface area contributed by atoms with E-state index in [-0.39, 0.29) is 45.5 Å². The Morgan fingerprint density at radius 3 is 1.90 bits per heavy atom. The molecule has 3 aromatic carbocycles. The van der Waals surface area contributed by atoms with E-state index in [1.54, 1.807) is 0 Å². The van der Waals surface area contributed by atoms with Gasteiger partial charge in [0.1, 0.15) is 8.07 Å². The second-order valence-electron chi connectivity index (χ2n) is 14.3. The first-order valence-electron chi connectivity index (χ1n) is 15.1. The number of hydrogen-bond acceptors (Lipinski definition) is 3. The molecule has 3 fully saturated rings. The minimum Gasteiger partial charge on any atom is -0.274 e. The summed E-state index contributed by atoms with van der Waals surface area (Å²) in [4.78, 5) is 14.7. The largest absolute Gasteiger partial charge is 0.274 e. The maximum absolute atomic E-state index is 14.7. The summed E-state index contributed by atoms with van der Waals surface area (Å²) in [7, 11) is -6.50. The summed E-state index contributed by atoms with van der Waals surface area (Å²) in [6.07, 6.45) is 2.94. The Balaban J connectivity index is 1.53.